The summed E-state index contributed by atoms with van der Waals surface area (Å²) in [6.45, 7) is 7.99. The Bertz CT molecular complexity index is 463. The lowest BCUT2D eigenvalue weighted by Gasteiger charge is -2.32. The fourth-order valence-corrected chi connectivity index (χ4v) is 3.84. The van der Waals surface area contributed by atoms with E-state index in [2.05, 4.69) is 70.1 Å². The van der Waals surface area contributed by atoms with E-state index in [0.717, 1.165) is 13.1 Å². The van der Waals surface area contributed by atoms with E-state index in [1.165, 1.54) is 35.1 Å². The highest BCUT2D eigenvalue weighted by Crippen LogP contribution is 2.30. The zero-order valence-electron chi connectivity index (χ0n) is 13.7. The largest absolute Gasteiger partial charge is 0.367 e. The van der Waals surface area contributed by atoms with Crippen molar-refractivity contribution in [3.05, 3.63) is 28.2 Å². The molecular weight excluding hydrogens is 326 g/mol. The third-order valence-corrected chi connectivity index (χ3v) is 5.28. The van der Waals surface area contributed by atoms with Gasteiger partial charge < -0.3 is 15.1 Å². The molecule has 2 atom stereocenters. The third kappa shape index (κ3) is 3.99. The van der Waals surface area contributed by atoms with Gasteiger partial charge in [-0.3, -0.25) is 0 Å². The van der Waals surface area contributed by atoms with Crippen molar-refractivity contribution in [1.29, 1.82) is 0 Å². The van der Waals surface area contributed by atoms with E-state index < -0.39 is 0 Å². The molecule has 1 aromatic carbocycles. The minimum absolute atomic E-state index is 0.366. The molecular formula is C17H28BrN3. The maximum Gasteiger partial charge on any atom is 0.0414 e. The van der Waals surface area contributed by atoms with Crippen molar-refractivity contribution in [3.8, 4) is 0 Å². The number of hydrogen-bond acceptors (Lipinski definition) is 3. The highest BCUT2D eigenvalue weighted by atomic mass is 79.9. The van der Waals surface area contributed by atoms with Crippen LogP contribution in [-0.2, 0) is 0 Å². The predicted molar refractivity (Wildman–Crippen MR) is 95.2 cm³/mol. The molecule has 118 valence electrons. The molecule has 1 saturated heterocycles. The summed E-state index contributed by atoms with van der Waals surface area (Å²) in [5.41, 5.74) is 2.66. The van der Waals surface area contributed by atoms with Crippen LogP contribution in [0.5, 0.6) is 0 Å². The maximum atomic E-state index is 3.75. The van der Waals surface area contributed by atoms with Crippen LogP contribution in [0.2, 0.25) is 0 Å². The van der Waals surface area contributed by atoms with Gasteiger partial charge in [-0.15, -0.1) is 0 Å². The van der Waals surface area contributed by atoms with Gasteiger partial charge in [0.05, 0.1) is 0 Å². The van der Waals surface area contributed by atoms with Gasteiger partial charge in [0.15, 0.2) is 0 Å². The predicted octanol–water partition coefficient (Wildman–Crippen LogP) is 3.65. The standard InChI is InChI=1S/C17H28BrN3/c1-5-14-12-20(4)9-6-10-21(14)15-7-8-16(13(2)19-3)17(18)11-15/h7-8,11,13-14,19H,5-6,9-10,12H2,1-4H3. The summed E-state index contributed by atoms with van der Waals surface area (Å²) in [7, 11) is 4.24. The summed E-state index contributed by atoms with van der Waals surface area (Å²) in [5.74, 6) is 0. The molecule has 4 heteroatoms. The summed E-state index contributed by atoms with van der Waals surface area (Å²) < 4.78 is 1.20. The normalized spacial score (nSPS) is 22.1. The number of anilines is 1. The summed E-state index contributed by atoms with van der Waals surface area (Å²) in [6, 6.07) is 7.80. The Morgan fingerprint density at radius 3 is 2.76 bits per heavy atom. The lowest BCUT2D eigenvalue weighted by molar-refractivity contribution is 0.328. The number of halogens is 1. The van der Waals surface area contributed by atoms with Crippen LogP contribution in [0.25, 0.3) is 0 Å². The Balaban J connectivity index is 2.25. The van der Waals surface area contributed by atoms with Crippen LogP contribution in [-0.4, -0.2) is 44.7 Å². The lowest BCUT2D eigenvalue weighted by atomic mass is 10.1. The van der Waals surface area contributed by atoms with Gasteiger partial charge >= 0.3 is 0 Å². The number of hydrogen-bond donors (Lipinski definition) is 1. The molecule has 1 aliphatic heterocycles. The van der Waals surface area contributed by atoms with Gasteiger partial charge in [-0.1, -0.05) is 28.9 Å². The number of nitrogens with zero attached hydrogens (tertiary/aromatic N) is 2. The van der Waals surface area contributed by atoms with Gasteiger partial charge in [0.2, 0.25) is 0 Å². The van der Waals surface area contributed by atoms with Crippen molar-refractivity contribution >= 4 is 21.6 Å². The number of nitrogens with one attached hydrogen (secondary N) is 1. The molecule has 2 rings (SSSR count). The second-order valence-electron chi connectivity index (χ2n) is 6.09. The molecule has 1 N–H and O–H groups in total. The van der Waals surface area contributed by atoms with Crippen molar-refractivity contribution < 1.29 is 0 Å². The molecule has 2 unspecified atom stereocenters. The monoisotopic (exact) mass is 353 g/mol. The smallest absolute Gasteiger partial charge is 0.0414 e. The quantitative estimate of drug-likeness (QED) is 0.891. The first-order chi connectivity index (χ1) is 10.1. The first-order valence-electron chi connectivity index (χ1n) is 7.98. The SMILES string of the molecule is CCC1CN(C)CCCN1c1ccc(C(C)NC)c(Br)c1. The van der Waals surface area contributed by atoms with Crippen LogP contribution in [0.1, 0.15) is 38.3 Å². The number of likely N-dealkylation sites (N-methyl/N-ethyl adjacent to an activating group) is 1. The summed E-state index contributed by atoms with van der Waals surface area (Å²) >= 11 is 3.75. The molecule has 1 heterocycles. The van der Waals surface area contributed by atoms with Crippen molar-refractivity contribution in [2.75, 3.05) is 38.6 Å². The molecule has 1 aliphatic rings. The summed E-state index contributed by atoms with van der Waals surface area (Å²) in [5, 5.41) is 3.31. The van der Waals surface area contributed by atoms with E-state index in [1.54, 1.807) is 0 Å². The Labute approximate surface area is 137 Å². The molecule has 1 fully saturated rings. The molecule has 0 radical (unpaired) electrons. The topological polar surface area (TPSA) is 18.5 Å². The Kier molecular flexibility index (Phi) is 6.08. The molecule has 0 bridgehead atoms. The molecule has 0 aromatic heterocycles. The van der Waals surface area contributed by atoms with Crippen molar-refractivity contribution in [1.82, 2.24) is 10.2 Å². The Morgan fingerprint density at radius 2 is 2.14 bits per heavy atom. The van der Waals surface area contributed by atoms with Crippen LogP contribution < -0.4 is 10.2 Å². The molecule has 1 aromatic rings. The minimum atomic E-state index is 0.366. The van der Waals surface area contributed by atoms with Crippen LogP contribution in [0.3, 0.4) is 0 Å². The molecule has 0 amide bonds. The lowest BCUT2D eigenvalue weighted by Crippen LogP contribution is -2.39. The summed E-state index contributed by atoms with van der Waals surface area (Å²) in [6.07, 6.45) is 2.43. The van der Waals surface area contributed by atoms with Gasteiger partial charge in [-0.2, -0.15) is 0 Å². The minimum Gasteiger partial charge on any atom is -0.367 e. The fraction of sp³-hybridized carbons (Fsp3) is 0.647. The average Bonchev–Trinajstić information content (AvgIpc) is 2.67. The van der Waals surface area contributed by atoms with Crippen LogP contribution >= 0.6 is 15.9 Å². The molecule has 3 nitrogen and oxygen atoms in total. The molecule has 0 spiro atoms. The number of rotatable bonds is 4. The average molecular weight is 354 g/mol. The van der Waals surface area contributed by atoms with E-state index in [1.807, 2.05) is 7.05 Å². The Hall–Kier alpha value is -0.580. The van der Waals surface area contributed by atoms with E-state index >= 15 is 0 Å². The molecule has 0 aliphatic carbocycles. The van der Waals surface area contributed by atoms with E-state index in [0.29, 0.717) is 12.1 Å². The molecule has 0 saturated carbocycles. The highest BCUT2D eigenvalue weighted by Gasteiger charge is 2.22. The van der Waals surface area contributed by atoms with Crippen molar-refractivity contribution in [2.45, 2.75) is 38.8 Å². The van der Waals surface area contributed by atoms with E-state index in [-0.39, 0.29) is 0 Å². The van der Waals surface area contributed by atoms with E-state index in [9.17, 15) is 0 Å². The first-order valence-corrected chi connectivity index (χ1v) is 8.78. The van der Waals surface area contributed by atoms with Crippen LogP contribution in [0.15, 0.2) is 22.7 Å². The van der Waals surface area contributed by atoms with Crippen molar-refractivity contribution in [3.63, 3.8) is 0 Å². The second kappa shape index (κ2) is 7.61. The van der Waals surface area contributed by atoms with Crippen molar-refractivity contribution in [2.24, 2.45) is 0 Å². The van der Waals surface area contributed by atoms with Crippen LogP contribution in [0.4, 0.5) is 5.69 Å². The van der Waals surface area contributed by atoms with Gasteiger partial charge in [0.25, 0.3) is 0 Å². The zero-order valence-corrected chi connectivity index (χ0v) is 15.3. The Morgan fingerprint density at radius 1 is 1.38 bits per heavy atom. The highest BCUT2D eigenvalue weighted by molar-refractivity contribution is 9.10. The third-order valence-electron chi connectivity index (χ3n) is 4.59. The first kappa shape index (κ1) is 16.8. The number of benzene rings is 1. The zero-order chi connectivity index (χ0) is 15.4. The van der Waals surface area contributed by atoms with Gasteiger partial charge in [-0.25, -0.2) is 0 Å². The second-order valence-corrected chi connectivity index (χ2v) is 6.94. The maximum absolute atomic E-state index is 3.75. The van der Waals surface area contributed by atoms with E-state index in [4.69, 9.17) is 0 Å². The summed E-state index contributed by atoms with van der Waals surface area (Å²) in [4.78, 5) is 5.04. The molecule has 21 heavy (non-hydrogen) atoms. The van der Waals surface area contributed by atoms with Gasteiger partial charge in [-0.05, 0) is 58.1 Å². The van der Waals surface area contributed by atoms with Crippen LogP contribution in [0, 0.1) is 0 Å². The van der Waals surface area contributed by atoms with Gasteiger partial charge in [0, 0.05) is 35.3 Å². The van der Waals surface area contributed by atoms with Gasteiger partial charge in [0.1, 0.15) is 0 Å². The fourth-order valence-electron chi connectivity index (χ4n) is 3.13.